The van der Waals surface area contributed by atoms with Gasteiger partial charge in [-0.1, -0.05) is 0 Å². The Kier molecular flexibility index (Phi) is 154. The molecule has 0 aromatic carbocycles. The third-order valence-corrected chi connectivity index (χ3v) is 0. The SMILES string of the molecule is S.[Mn].[PbH2].[SeH2]. The van der Waals surface area contributed by atoms with E-state index in [1.165, 1.54) is 0 Å². The molecule has 0 atom stereocenters. The van der Waals surface area contributed by atoms with E-state index in [4.69, 9.17) is 0 Å². The molecule has 0 fully saturated rings. The first-order chi connectivity index (χ1) is 0. The van der Waals surface area contributed by atoms with Crippen LogP contribution >= 0.6 is 13.5 Å². The van der Waals surface area contributed by atoms with Crippen molar-refractivity contribution in [3.05, 3.63) is 0 Å². The first-order valence-electron chi connectivity index (χ1n) is 0. The molecule has 0 rings (SSSR count). The third kappa shape index (κ3) is 8.85. The minimum atomic E-state index is 0. The molecule has 4 heteroatoms. The van der Waals surface area contributed by atoms with Gasteiger partial charge in [0.2, 0.25) is 0 Å². The number of rotatable bonds is 0. The quantitative estimate of drug-likeness (QED) is 0.440. The van der Waals surface area contributed by atoms with E-state index in [9.17, 15) is 0 Å². The van der Waals surface area contributed by atoms with Crippen molar-refractivity contribution in [2.75, 3.05) is 0 Å². The van der Waals surface area contributed by atoms with Gasteiger partial charge in [-0.15, -0.1) is 0 Å². The van der Waals surface area contributed by atoms with E-state index < -0.39 is 0 Å². The van der Waals surface area contributed by atoms with Gasteiger partial charge in [0.25, 0.3) is 0 Å². The van der Waals surface area contributed by atoms with Gasteiger partial charge in [-0.25, -0.2) is 0 Å². The molecule has 0 N–H and O–H groups in total. The summed E-state index contributed by atoms with van der Waals surface area (Å²) in [5, 5.41) is 0. The molecular formula is H6MnPbSSe. The van der Waals surface area contributed by atoms with Crippen LogP contribution in [0.3, 0.4) is 0 Å². The summed E-state index contributed by atoms with van der Waals surface area (Å²) in [6.07, 6.45) is 0. The molecular weight excluding hydrogens is 373 g/mol. The Balaban J connectivity index is 0. The van der Waals surface area contributed by atoms with Crippen LogP contribution in [0.2, 0.25) is 0 Å². The molecule has 0 aliphatic carbocycles. The summed E-state index contributed by atoms with van der Waals surface area (Å²) in [6, 6.07) is 0. The summed E-state index contributed by atoms with van der Waals surface area (Å²) in [5.41, 5.74) is 0. The van der Waals surface area contributed by atoms with E-state index in [1.54, 1.807) is 0 Å². The molecule has 3 radical (unpaired) electrons. The summed E-state index contributed by atoms with van der Waals surface area (Å²) >= 11 is 0. The summed E-state index contributed by atoms with van der Waals surface area (Å²) in [6.45, 7) is 0. The van der Waals surface area contributed by atoms with Crippen LogP contribution in [0.25, 0.3) is 0 Å². The van der Waals surface area contributed by atoms with Gasteiger partial charge >= 0.3 is 44.4 Å². The van der Waals surface area contributed by atoms with Crippen LogP contribution in [-0.2, 0) is 17.1 Å². The molecule has 0 heterocycles. The van der Waals surface area contributed by atoms with Crippen LogP contribution in [0.4, 0.5) is 0 Å². The molecule has 0 aliphatic rings. The molecule has 0 saturated heterocycles. The van der Waals surface area contributed by atoms with Gasteiger partial charge in [0.15, 0.2) is 0 Å². The average molecular weight is 379 g/mol. The van der Waals surface area contributed by atoms with Crippen LogP contribution in [0.5, 0.6) is 0 Å². The summed E-state index contributed by atoms with van der Waals surface area (Å²) < 4.78 is 0. The Morgan fingerprint density at radius 1 is 1.00 bits per heavy atom. The molecule has 0 spiro atoms. The fourth-order valence-corrected chi connectivity index (χ4v) is 0. The second-order valence-electron chi connectivity index (χ2n) is 0. The molecule has 4 heavy (non-hydrogen) atoms. The molecule has 29 valence electrons. The van der Waals surface area contributed by atoms with E-state index in [0.29, 0.717) is 0 Å². The monoisotopic (exact) mass is 381 g/mol. The zero-order valence-electron chi connectivity index (χ0n) is 2.09. The maximum absolute atomic E-state index is 0. The second-order valence-corrected chi connectivity index (χ2v) is 0. The van der Waals surface area contributed by atoms with Crippen molar-refractivity contribution in [3.8, 4) is 0 Å². The first kappa shape index (κ1) is 33.3. The van der Waals surface area contributed by atoms with Gasteiger partial charge in [0.05, 0.1) is 0 Å². The molecule has 0 aliphatic heterocycles. The molecule has 0 aromatic heterocycles. The Morgan fingerprint density at radius 2 is 1.00 bits per heavy atom. The van der Waals surface area contributed by atoms with Gasteiger partial charge in [-0.05, 0) is 0 Å². The Hall–Kier alpha value is 2.31. The Morgan fingerprint density at radius 3 is 1.00 bits per heavy atom. The van der Waals surface area contributed by atoms with Crippen molar-refractivity contribution in [1.82, 2.24) is 0 Å². The molecule has 0 bridgehead atoms. The van der Waals surface area contributed by atoms with E-state index in [1.807, 2.05) is 0 Å². The zero-order valence-corrected chi connectivity index (χ0v) is 11.9. The molecule has 0 aromatic rings. The van der Waals surface area contributed by atoms with Gasteiger partial charge < -0.3 is 0 Å². The predicted molar refractivity (Wildman–Crippen MR) is 27.5 cm³/mol. The zero-order chi connectivity index (χ0) is 0. The molecule has 0 nitrogen and oxygen atoms in total. The van der Waals surface area contributed by atoms with E-state index >= 15 is 0 Å². The van der Waals surface area contributed by atoms with Crippen LogP contribution in [0, 0.1) is 0 Å². The normalized spacial score (nSPS) is 0. The molecule has 0 unspecified atom stereocenters. The van der Waals surface area contributed by atoms with E-state index in [-0.39, 0.29) is 74.9 Å². The third-order valence-electron chi connectivity index (χ3n) is 0. The van der Waals surface area contributed by atoms with Crippen LogP contribution in [0.1, 0.15) is 0 Å². The summed E-state index contributed by atoms with van der Waals surface area (Å²) in [5.74, 6) is 0. The predicted octanol–water partition coefficient (Wildman–Crippen LogP) is -1.72. The standard InChI is InChI=1S/Mn.Pb.H2S.H2Se.2H/h;;2*1H2;;. The van der Waals surface area contributed by atoms with E-state index in [2.05, 4.69) is 0 Å². The minimum absolute atomic E-state index is 0. The van der Waals surface area contributed by atoms with Crippen molar-refractivity contribution in [1.29, 1.82) is 0 Å². The van der Waals surface area contributed by atoms with Crippen molar-refractivity contribution >= 4 is 57.9 Å². The Labute approximate surface area is 74.0 Å². The van der Waals surface area contributed by atoms with E-state index in [0.717, 1.165) is 0 Å². The maximum atomic E-state index is 0. The van der Waals surface area contributed by atoms with Crippen molar-refractivity contribution in [2.45, 2.75) is 0 Å². The van der Waals surface area contributed by atoms with Gasteiger partial charge in [0.1, 0.15) is 0 Å². The Bertz CT molecular complexity index is 8.00. The van der Waals surface area contributed by atoms with Gasteiger partial charge in [0, 0.05) is 17.1 Å². The van der Waals surface area contributed by atoms with Crippen LogP contribution < -0.4 is 0 Å². The number of hydrogen-bond acceptors (Lipinski definition) is 0. The van der Waals surface area contributed by atoms with Crippen molar-refractivity contribution < 1.29 is 17.1 Å². The average Bonchev–Trinajstić information content (AvgIpc) is 0. The first-order valence-corrected chi connectivity index (χ1v) is 0. The van der Waals surface area contributed by atoms with Gasteiger partial charge in [-0.2, -0.15) is 13.5 Å². The van der Waals surface area contributed by atoms with Crippen LogP contribution in [-0.4, -0.2) is 44.4 Å². The molecule has 0 amide bonds. The molecule has 0 saturated carbocycles. The fourth-order valence-electron chi connectivity index (χ4n) is 0. The topological polar surface area (TPSA) is 0 Å². The summed E-state index contributed by atoms with van der Waals surface area (Å²) in [7, 11) is 0. The van der Waals surface area contributed by atoms with Gasteiger partial charge in [-0.3, -0.25) is 0 Å². The van der Waals surface area contributed by atoms with Crippen molar-refractivity contribution in [3.63, 3.8) is 0 Å². The fraction of sp³-hybridized carbons (Fsp3) is 0. The summed E-state index contributed by atoms with van der Waals surface area (Å²) in [4.78, 5) is 0. The van der Waals surface area contributed by atoms with Crippen LogP contribution in [0.15, 0.2) is 0 Å². The second kappa shape index (κ2) is 18.5. The van der Waals surface area contributed by atoms with Crippen molar-refractivity contribution in [2.24, 2.45) is 0 Å². The number of hydrogen-bond donors (Lipinski definition) is 0.